The Balaban J connectivity index is 1.68. The number of benzene rings is 2. The summed E-state index contributed by atoms with van der Waals surface area (Å²) < 4.78 is 43.9. The van der Waals surface area contributed by atoms with E-state index in [1.54, 1.807) is 6.92 Å². The number of thioether (sulfide) groups is 1. The van der Waals surface area contributed by atoms with Crippen LogP contribution in [0.25, 0.3) is 11.5 Å². The number of rotatable bonds is 7. The predicted molar refractivity (Wildman–Crippen MR) is 104 cm³/mol. The number of aromatic nitrogens is 1. The van der Waals surface area contributed by atoms with Gasteiger partial charge in [-0.15, -0.1) is 11.8 Å². The first kappa shape index (κ1) is 21.0. The van der Waals surface area contributed by atoms with Gasteiger partial charge in [-0.25, -0.2) is 4.98 Å². The van der Waals surface area contributed by atoms with Crippen molar-refractivity contribution < 1.29 is 27.5 Å². The van der Waals surface area contributed by atoms with Crippen LogP contribution < -0.4 is 0 Å². The molecule has 0 saturated heterocycles. The molecule has 8 heteroatoms. The highest BCUT2D eigenvalue weighted by Gasteiger charge is 2.30. The third-order valence-electron chi connectivity index (χ3n) is 4.25. The molecule has 4 nitrogen and oxygen atoms in total. The average Bonchev–Trinajstić information content (AvgIpc) is 3.05. The van der Waals surface area contributed by atoms with E-state index >= 15 is 0 Å². The van der Waals surface area contributed by atoms with Gasteiger partial charge in [0.05, 0.1) is 17.0 Å². The normalized spacial score (nSPS) is 11.6. The maximum Gasteiger partial charge on any atom is 0.416 e. The Hall–Kier alpha value is -2.74. The molecule has 2 aromatic carbocycles. The first-order chi connectivity index (χ1) is 13.7. The minimum atomic E-state index is -4.38. The molecule has 0 aliphatic heterocycles. The van der Waals surface area contributed by atoms with E-state index in [1.165, 1.54) is 23.9 Å². The summed E-state index contributed by atoms with van der Waals surface area (Å²) in [6.07, 6.45) is -3.85. The standard InChI is InChI=1S/C21H18F3NO3S/c1-13-18(12-29-17-4-2-3-14(11-17)5-10-19(26)27)28-20(25-13)15-6-8-16(9-7-15)21(22,23)24/h2-4,6-9,11H,5,10,12H2,1H3,(H,26,27). The molecule has 0 aliphatic carbocycles. The largest absolute Gasteiger partial charge is 0.481 e. The van der Waals surface area contributed by atoms with Gasteiger partial charge in [-0.2, -0.15) is 13.2 Å². The van der Waals surface area contributed by atoms with Gasteiger partial charge in [0.25, 0.3) is 0 Å². The molecular weight excluding hydrogens is 403 g/mol. The van der Waals surface area contributed by atoms with Crippen molar-refractivity contribution in [1.82, 2.24) is 4.98 Å². The Bertz CT molecular complexity index is 997. The average molecular weight is 421 g/mol. The van der Waals surface area contributed by atoms with Crippen LogP contribution in [0, 0.1) is 6.92 Å². The zero-order valence-electron chi connectivity index (χ0n) is 15.5. The molecule has 0 fully saturated rings. The molecule has 0 atom stereocenters. The van der Waals surface area contributed by atoms with Crippen molar-refractivity contribution in [2.24, 2.45) is 0 Å². The van der Waals surface area contributed by atoms with Crippen molar-refractivity contribution in [3.8, 4) is 11.5 Å². The number of hydrogen-bond acceptors (Lipinski definition) is 4. The van der Waals surface area contributed by atoms with Gasteiger partial charge in [-0.1, -0.05) is 12.1 Å². The highest BCUT2D eigenvalue weighted by Crippen LogP contribution is 2.32. The number of oxazole rings is 1. The Labute approximate surface area is 169 Å². The predicted octanol–water partition coefficient (Wildman–Crippen LogP) is 5.98. The lowest BCUT2D eigenvalue weighted by atomic mass is 10.1. The molecule has 0 amide bonds. The van der Waals surface area contributed by atoms with Gasteiger partial charge in [0.2, 0.25) is 5.89 Å². The van der Waals surface area contributed by atoms with Crippen LogP contribution >= 0.6 is 11.8 Å². The lowest BCUT2D eigenvalue weighted by molar-refractivity contribution is -0.138. The smallest absolute Gasteiger partial charge is 0.416 e. The molecule has 0 saturated carbocycles. The minimum Gasteiger partial charge on any atom is -0.481 e. The zero-order valence-corrected chi connectivity index (χ0v) is 16.3. The van der Waals surface area contributed by atoms with Crippen molar-refractivity contribution in [2.75, 3.05) is 0 Å². The summed E-state index contributed by atoms with van der Waals surface area (Å²) in [6, 6.07) is 12.3. The number of nitrogens with zero attached hydrogens (tertiary/aromatic N) is 1. The van der Waals surface area contributed by atoms with Crippen LogP contribution in [0.15, 0.2) is 57.8 Å². The van der Waals surface area contributed by atoms with Gasteiger partial charge >= 0.3 is 12.1 Å². The highest BCUT2D eigenvalue weighted by atomic mass is 32.2. The Morgan fingerprint density at radius 3 is 2.55 bits per heavy atom. The molecule has 0 aliphatic rings. The molecule has 3 aromatic rings. The van der Waals surface area contributed by atoms with Crippen LogP contribution in [-0.4, -0.2) is 16.1 Å². The van der Waals surface area contributed by atoms with E-state index in [0.717, 1.165) is 22.6 Å². The zero-order chi connectivity index (χ0) is 21.0. The summed E-state index contributed by atoms with van der Waals surface area (Å²) in [5, 5.41) is 8.80. The van der Waals surface area contributed by atoms with E-state index in [-0.39, 0.29) is 12.3 Å². The molecule has 1 N–H and O–H groups in total. The van der Waals surface area contributed by atoms with Crippen molar-refractivity contribution in [1.29, 1.82) is 0 Å². The van der Waals surface area contributed by atoms with E-state index in [2.05, 4.69) is 4.98 Å². The topological polar surface area (TPSA) is 63.3 Å². The summed E-state index contributed by atoms with van der Waals surface area (Å²) in [4.78, 5) is 16.0. The molecule has 0 bridgehead atoms. The molecule has 29 heavy (non-hydrogen) atoms. The third kappa shape index (κ3) is 5.63. The Kier molecular flexibility index (Phi) is 6.32. The summed E-state index contributed by atoms with van der Waals surface area (Å²) in [5.74, 6) is 0.584. The second-order valence-corrected chi connectivity index (χ2v) is 7.48. The summed E-state index contributed by atoms with van der Waals surface area (Å²) in [6.45, 7) is 1.79. The maximum atomic E-state index is 12.7. The van der Waals surface area contributed by atoms with Gasteiger partial charge < -0.3 is 9.52 Å². The first-order valence-electron chi connectivity index (χ1n) is 8.80. The van der Waals surface area contributed by atoms with Crippen LogP contribution in [-0.2, 0) is 23.1 Å². The molecule has 0 spiro atoms. The van der Waals surface area contributed by atoms with E-state index in [4.69, 9.17) is 9.52 Å². The first-order valence-corrected chi connectivity index (χ1v) is 9.78. The summed E-state index contributed by atoms with van der Waals surface area (Å²) >= 11 is 1.52. The quantitative estimate of drug-likeness (QED) is 0.476. The number of carbonyl (C=O) groups is 1. The van der Waals surface area contributed by atoms with Crippen LogP contribution in [0.2, 0.25) is 0 Å². The van der Waals surface area contributed by atoms with Gasteiger partial charge in [-0.05, 0) is 55.3 Å². The van der Waals surface area contributed by atoms with E-state index in [9.17, 15) is 18.0 Å². The highest BCUT2D eigenvalue weighted by molar-refractivity contribution is 7.98. The van der Waals surface area contributed by atoms with Crippen LogP contribution in [0.4, 0.5) is 13.2 Å². The molecule has 0 unspecified atom stereocenters. The second-order valence-electron chi connectivity index (χ2n) is 6.43. The van der Waals surface area contributed by atoms with Crippen molar-refractivity contribution in [3.63, 3.8) is 0 Å². The van der Waals surface area contributed by atoms with Crippen molar-refractivity contribution in [2.45, 2.75) is 36.6 Å². The Morgan fingerprint density at radius 2 is 1.90 bits per heavy atom. The summed E-state index contributed by atoms with van der Waals surface area (Å²) in [5.41, 5.74) is 1.38. The molecule has 3 rings (SSSR count). The number of halogens is 3. The number of aliphatic carboxylic acids is 1. The third-order valence-corrected chi connectivity index (χ3v) is 5.24. The molecular formula is C21H18F3NO3S. The fourth-order valence-electron chi connectivity index (χ4n) is 2.68. The molecule has 0 radical (unpaired) electrons. The maximum absolute atomic E-state index is 12.7. The fraction of sp³-hybridized carbons (Fsp3) is 0.238. The Morgan fingerprint density at radius 1 is 1.17 bits per heavy atom. The number of alkyl halides is 3. The van der Waals surface area contributed by atoms with Gasteiger partial charge in [0.15, 0.2) is 0 Å². The minimum absolute atomic E-state index is 0.0752. The summed E-state index contributed by atoms with van der Waals surface area (Å²) in [7, 11) is 0. The number of aryl methyl sites for hydroxylation is 2. The fourth-order valence-corrected chi connectivity index (χ4v) is 3.65. The van der Waals surface area contributed by atoms with Crippen LogP contribution in [0.3, 0.4) is 0 Å². The van der Waals surface area contributed by atoms with Crippen LogP contribution in [0.1, 0.15) is 29.0 Å². The van der Waals surface area contributed by atoms with Gasteiger partial charge in [0.1, 0.15) is 5.76 Å². The number of carboxylic acid groups (broad SMARTS) is 1. The SMILES string of the molecule is Cc1nc(-c2ccc(C(F)(F)F)cc2)oc1CSc1cccc(CCC(=O)O)c1. The monoisotopic (exact) mass is 421 g/mol. The van der Waals surface area contributed by atoms with E-state index in [1.807, 2.05) is 24.3 Å². The van der Waals surface area contributed by atoms with Gasteiger partial charge in [0, 0.05) is 16.9 Å². The van der Waals surface area contributed by atoms with E-state index in [0.29, 0.717) is 29.2 Å². The van der Waals surface area contributed by atoms with Crippen molar-refractivity contribution >= 4 is 17.7 Å². The number of hydrogen-bond donors (Lipinski definition) is 1. The van der Waals surface area contributed by atoms with E-state index < -0.39 is 17.7 Å². The number of carboxylic acids is 1. The van der Waals surface area contributed by atoms with Crippen molar-refractivity contribution in [3.05, 3.63) is 71.1 Å². The lowest BCUT2D eigenvalue weighted by Crippen LogP contribution is -2.03. The second kappa shape index (κ2) is 8.73. The molecule has 1 aromatic heterocycles. The lowest BCUT2D eigenvalue weighted by Gasteiger charge is -2.06. The molecule has 152 valence electrons. The molecule has 1 heterocycles. The van der Waals surface area contributed by atoms with Crippen LogP contribution in [0.5, 0.6) is 0 Å². The van der Waals surface area contributed by atoms with Gasteiger partial charge in [-0.3, -0.25) is 4.79 Å².